The van der Waals surface area contributed by atoms with Crippen LogP contribution in [-0.4, -0.2) is 65.4 Å². The predicted molar refractivity (Wildman–Crippen MR) is 82.4 cm³/mol. The molecule has 1 aliphatic rings. The summed E-state index contributed by atoms with van der Waals surface area (Å²) in [4.78, 5) is 13.6. The SMILES string of the molecule is COCc1nc(C)cc(N2CCN(CCO)C(C)(C)C2)n1. The fourth-order valence-electron chi connectivity index (χ4n) is 2.89. The Kier molecular flexibility index (Phi) is 5.13. The summed E-state index contributed by atoms with van der Waals surface area (Å²) in [7, 11) is 1.65. The molecule has 0 bridgehead atoms. The number of aryl methyl sites for hydroxylation is 1. The molecule has 2 rings (SSSR count). The number of aromatic nitrogens is 2. The monoisotopic (exact) mass is 294 g/mol. The molecule has 118 valence electrons. The summed E-state index contributed by atoms with van der Waals surface area (Å²) in [5.41, 5.74) is 0.976. The minimum absolute atomic E-state index is 0.0151. The lowest BCUT2D eigenvalue weighted by atomic mass is 9.99. The third-order valence-corrected chi connectivity index (χ3v) is 3.93. The second kappa shape index (κ2) is 6.68. The molecule has 1 aromatic heterocycles. The van der Waals surface area contributed by atoms with Gasteiger partial charge in [0.15, 0.2) is 5.82 Å². The minimum atomic E-state index is 0.0151. The lowest BCUT2D eigenvalue weighted by Crippen LogP contribution is -2.60. The molecule has 1 aliphatic heterocycles. The van der Waals surface area contributed by atoms with Gasteiger partial charge in [0.2, 0.25) is 0 Å². The van der Waals surface area contributed by atoms with Crippen molar-refractivity contribution < 1.29 is 9.84 Å². The fraction of sp³-hybridized carbons (Fsp3) is 0.733. The van der Waals surface area contributed by atoms with Crippen LogP contribution in [0.2, 0.25) is 0 Å². The Hall–Kier alpha value is -1.24. The first kappa shape index (κ1) is 16.1. The largest absolute Gasteiger partial charge is 0.395 e. The van der Waals surface area contributed by atoms with Crippen LogP contribution in [0.1, 0.15) is 25.4 Å². The zero-order chi connectivity index (χ0) is 15.5. The molecule has 1 fully saturated rings. The van der Waals surface area contributed by atoms with Crippen molar-refractivity contribution in [1.29, 1.82) is 0 Å². The zero-order valence-corrected chi connectivity index (χ0v) is 13.5. The van der Waals surface area contributed by atoms with Crippen molar-refractivity contribution in [3.8, 4) is 0 Å². The maximum atomic E-state index is 9.18. The van der Waals surface area contributed by atoms with Crippen molar-refractivity contribution in [2.45, 2.75) is 32.9 Å². The highest BCUT2D eigenvalue weighted by molar-refractivity contribution is 5.41. The smallest absolute Gasteiger partial charge is 0.156 e. The van der Waals surface area contributed by atoms with E-state index in [2.05, 4.69) is 33.6 Å². The minimum Gasteiger partial charge on any atom is -0.395 e. The predicted octanol–water partition coefficient (Wildman–Crippen LogP) is 0.824. The Morgan fingerprint density at radius 3 is 2.71 bits per heavy atom. The van der Waals surface area contributed by atoms with E-state index in [1.54, 1.807) is 7.11 Å². The van der Waals surface area contributed by atoms with Gasteiger partial charge in [-0.15, -0.1) is 0 Å². The number of nitrogens with zero attached hydrogens (tertiary/aromatic N) is 4. The Bertz CT molecular complexity index is 479. The molecule has 6 heteroatoms. The van der Waals surface area contributed by atoms with E-state index >= 15 is 0 Å². The molecular formula is C15H26N4O2. The van der Waals surface area contributed by atoms with Gasteiger partial charge in [-0.2, -0.15) is 0 Å². The molecule has 0 amide bonds. The summed E-state index contributed by atoms with van der Waals surface area (Å²) in [6.07, 6.45) is 0. The average molecular weight is 294 g/mol. The van der Waals surface area contributed by atoms with Gasteiger partial charge in [0.1, 0.15) is 12.4 Å². The Morgan fingerprint density at radius 2 is 2.10 bits per heavy atom. The average Bonchev–Trinajstić information content (AvgIpc) is 2.40. The fourth-order valence-corrected chi connectivity index (χ4v) is 2.89. The van der Waals surface area contributed by atoms with Crippen LogP contribution in [-0.2, 0) is 11.3 Å². The lowest BCUT2D eigenvalue weighted by Gasteiger charge is -2.47. The van der Waals surface area contributed by atoms with Crippen LogP contribution >= 0.6 is 0 Å². The zero-order valence-electron chi connectivity index (χ0n) is 13.5. The first-order valence-electron chi connectivity index (χ1n) is 7.40. The molecule has 6 nitrogen and oxygen atoms in total. The third-order valence-electron chi connectivity index (χ3n) is 3.93. The molecule has 1 saturated heterocycles. The summed E-state index contributed by atoms with van der Waals surface area (Å²) in [5.74, 6) is 1.69. The summed E-state index contributed by atoms with van der Waals surface area (Å²) in [6.45, 7) is 10.5. The molecule has 0 radical (unpaired) electrons. The van der Waals surface area contributed by atoms with E-state index in [0.717, 1.165) is 43.5 Å². The van der Waals surface area contributed by atoms with E-state index in [0.29, 0.717) is 6.61 Å². The van der Waals surface area contributed by atoms with E-state index < -0.39 is 0 Å². The second-order valence-electron chi connectivity index (χ2n) is 6.16. The standard InChI is InChI=1S/C15H26N4O2/c1-12-9-14(17-13(16-12)10-21-4)18-5-6-19(7-8-20)15(2,3)11-18/h9,20H,5-8,10-11H2,1-4H3. The van der Waals surface area contributed by atoms with Gasteiger partial charge in [-0.1, -0.05) is 0 Å². The van der Waals surface area contributed by atoms with E-state index in [9.17, 15) is 5.11 Å². The number of piperazine rings is 1. The number of hydrogen-bond acceptors (Lipinski definition) is 6. The lowest BCUT2D eigenvalue weighted by molar-refractivity contribution is 0.0810. The topological polar surface area (TPSA) is 61.7 Å². The second-order valence-corrected chi connectivity index (χ2v) is 6.16. The van der Waals surface area contributed by atoms with Gasteiger partial charge in [-0.3, -0.25) is 4.90 Å². The van der Waals surface area contributed by atoms with Crippen LogP contribution in [0.5, 0.6) is 0 Å². The van der Waals surface area contributed by atoms with Gasteiger partial charge in [0, 0.05) is 50.6 Å². The van der Waals surface area contributed by atoms with Crippen LogP contribution < -0.4 is 4.90 Å². The number of rotatable bonds is 5. The maximum absolute atomic E-state index is 9.18. The summed E-state index contributed by atoms with van der Waals surface area (Å²) >= 11 is 0. The summed E-state index contributed by atoms with van der Waals surface area (Å²) in [5, 5.41) is 9.18. The summed E-state index contributed by atoms with van der Waals surface area (Å²) in [6, 6.07) is 2.02. The highest BCUT2D eigenvalue weighted by Gasteiger charge is 2.33. The number of aliphatic hydroxyl groups excluding tert-OH is 1. The van der Waals surface area contributed by atoms with E-state index in [1.165, 1.54) is 0 Å². The van der Waals surface area contributed by atoms with Crippen LogP contribution in [0.3, 0.4) is 0 Å². The molecule has 2 heterocycles. The Balaban J connectivity index is 2.16. The number of ether oxygens (including phenoxy) is 1. The highest BCUT2D eigenvalue weighted by atomic mass is 16.5. The van der Waals surface area contributed by atoms with Crippen molar-refractivity contribution in [2.75, 3.05) is 44.8 Å². The number of β-amino-alcohol motifs (C(OH)–C–C–N with tert-alkyl or cyclic N) is 1. The molecule has 0 aliphatic carbocycles. The molecule has 21 heavy (non-hydrogen) atoms. The van der Waals surface area contributed by atoms with Gasteiger partial charge in [0.25, 0.3) is 0 Å². The van der Waals surface area contributed by atoms with Crippen molar-refractivity contribution in [2.24, 2.45) is 0 Å². The van der Waals surface area contributed by atoms with Crippen LogP contribution in [0, 0.1) is 6.92 Å². The van der Waals surface area contributed by atoms with Crippen molar-refractivity contribution in [1.82, 2.24) is 14.9 Å². The third kappa shape index (κ3) is 3.90. The quantitative estimate of drug-likeness (QED) is 0.868. The molecule has 0 aromatic carbocycles. The van der Waals surface area contributed by atoms with Gasteiger partial charge in [-0.25, -0.2) is 9.97 Å². The van der Waals surface area contributed by atoms with E-state index in [1.807, 2.05) is 13.0 Å². The van der Waals surface area contributed by atoms with E-state index in [-0.39, 0.29) is 12.1 Å². The normalized spacial score (nSPS) is 19.0. The molecule has 0 atom stereocenters. The molecule has 0 spiro atoms. The first-order valence-corrected chi connectivity index (χ1v) is 7.40. The Labute approximate surface area is 126 Å². The molecule has 0 saturated carbocycles. The number of hydrogen-bond donors (Lipinski definition) is 1. The number of anilines is 1. The Morgan fingerprint density at radius 1 is 1.33 bits per heavy atom. The molecule has 1 N–H and O–H groups in total. The molecular weight excluding hydrogens is 268 g/mol. The van der Waals surface area contributed by atoms with Crippen molar-refractivity contribution in [3.05, 3.63) is 17.6 Å². The maximum Gasteiger partial charge on any atom is 0.156 e. The van der Waals surface area contributed by atoms with Gasteiger partial charge < -0.3 is 14.7 Å². The molecule has 0 unspecified atom stereocenters. The van der Waals surface area contributed by atoms with Gasteiger partial charge in [0.05, 0.1) is 6.61 Å². The van der Waals surface area contributed by atoms with Gasteiger partial charge in [-0.05, 0) is 20.8 Å². The van der Waals surface area contributed by atoms with Crippen LogP contribution in [0.25, 0.3) is 0 Å². The van der Waals surface area contributed by atoms with Crippen LogP contribution in [0.4, 0.5) is 5.82 Å². The highest BCUT2D eigenvalue weighted by Crippen LogP contribution is 2.24. The number of aliphatic hydroxyl groups is 1. The van der Waals surface area contributed by atoms with Crippen LogP contribution in [0.15, 0.2) is 6.07 Å². The van der Waals surface area contributed by atoms with E-state index in [4.69, 9.17) is 4.74 Å². The number of methoxy groups -OCH3 is 1. The molecule has 1 aromatic rings. The van der Waals surface area contributed by atoms with Crippen molar-refractivity contribution >= 4 is 5.82 Å². The van der Waals surface area contributed by atoms with Gasteiger partial charge >= 0.3 is 0 Å². The summed E-state index contributed by atoms with van der Waals surface area (Å²) < 4.78 is 5.14. The first-order chi connectivity index (χ1) is 9.96. The van der Waals surface area contributed by atoms with Crippen molar-refractivity contribution in [3.63, 3.8) is 0 Å².